The molecule has 0 radical (unpaired) electrons. The van der Waals surface area contributed by atoms with E-state index in [1.54, 1.807) is 0 Å². The Morgan fingerprint density at radius 3 is 2.41 bits per heavy atom. The molecule has 1 atom stereocenters. The fraction of sp³-hybridized carbons (Fsp3) is 0.923. The summed E-state index contributed by atoms with van der Waals surface area (Å²) in [4.78, 5) is 16.3. The number of likely N-dealkylation sites (N-methyl/N-ethyl adjacent to an activating group) is 1. The topological polar surface area (TPSA) is 35.6 Å². The predicted octanol–water partition coefficient (Wildman–Crippen LogP) is 0.929. The van der Waals surface area contributed by atoms with Crippen molar-refractivity contribution in [2.45, 2.75) is 39.7 Å². The van der Waals surface area contributed by atoms with Crippen molar-refractivity contribution >= 4 is 5.91 Å². The molecule has 1 N–H and O–H groups in total. The minimum absolute atomic E-state index is 0.0579. The molecule has 0 aromatic carbocycles. The number of rotatable bonds is 7. The summed E-state index contributed by atoms with van der Waals surface area (Å²) in [6, 6.07) is -0.0579. The van der Waals surface area contributed by atoms with E-state index < -0.39 is 0 Å². The van der Waals surface area contributed by atoms with Gasteiger partial charge < -0.3 is 15.1 Å². The van der Waals surface area contributed by atoms with Gasteiger partial charge in [0.15, 0.2) is 0 Å². The smallest absolute Gasteiger partial charge is 0.239 e. The molecule has 1 aliphatic heterocycles. The Hall–Kier alpha value is -0.610. The van der Waals surface area contributed by atoms with Gasteiger partial charge in [0.1, 0.15) is 0 Å². The summed E-state index contributed by atoms with van der Waals surface area (Å²) >= 11 is 0. The van der Waals surface area contributed by atoms with Crippen molar-refractivity contribution in [3.8, 4) is 0 Å². The molecule has 4 nitrogen and oxygen atoms in total. The molecule has 1 amide bonds. The van der Waals surface area contributed by atoms with Crippen LogP contribution in [-0.4, -0.2) is 61.0 Å². The van der Waals surface area contributed by atoms with Gasteiger partial charge in [0.2, 0.25) is 5.91 Å². The van der Waals surface area contributed by atoms with Crippen LogP contribution >= 0.6 is 0 Å². The van der Waals surface area contributed by atoms with Crippen molar-refractivity contribution in [1.82, 2.24) is 15.1 Å². The molecule has 0 bridgehead atoms. The van der Waals surface area contributed by atoms with Gasteiger partial charge in [-0.05, 0) is 46.7 Å². The third-order valence-electron chi connectivity index (χ3n) is 3.52. The number of amides is 1. The molecule has 4 heteroatoms. The molecule has 1 aliphatic rings. The van der Waals surface area contributed by atoms with Crippen LogP contribution in [0.4, 0.5) is 0 Å². The number of carbonyl (C=O) groups is 1. The van der Waals surface area contributed by atoms with Crippen LogP contribution in [0.3, 0.4) is 0 Å². The van der Waals surface area contributed by atoms with Gasteiger partial charge in [-0.15, -0.1) is 0 Å². The summed E-state index contributed by atoms with van der Waals surface area (Å²) in [5.41, 5.74) is 0. The van der Waals surface area contributed by atoms with Crippen molar-refractivity contribution in [1.29, 1.82) is 0 Å². The fourth-order valence-corrected chi connectivity index (χ4v) is 2.34. The van der Waals surface area contributed by atoms with Crippen LogP contribution in [0.5, 0.6) is 0 Å². The van der Waals surface area contributed by atoms with E-state index in [0.717, 1.165) is 26.2 Å². The number of nitrogens with one attached hydrogen (secondary N) is 1. The number of hydrogen-bond acceptors (Lipinski definition) is 3. The molecule has 17 heavy (non-hydrogen) atoms. The minimum atomic E-state index is -0.0579. The van der Waals surface area contributed by atoms with Gasteiger partial charge in [0.25, 0.3) is 0 Å². The first-order valence-corrected chi connectivity index (χ1v) is 6.93. The lowest BCUT2D eigenvalue weighted by molar-refractivity contribution is -0.132. The van der Waals surface area contributed by atoms with Gasteiger partial charge >= 0.3 is 0 Å². The highest BCUT2D eigenvalue weighted by atomic mass is 16.2. The zero-order valence-electron chi connectivity index (χ0n) is 11.5. The number of carbonyl (C=O) groups excluding carboxylic acids is 1. The van der Waals surface area contributed by atoms with Crippen molar-refractivity contribution in [2.75, 3.05) is 39.3 Å². The molecule has 1 saturated heterocycles. The molecule has 0 aliphatic carbocycles. The Kier molecular flexibility index (Phi) is 6.52. The average molecular weight is 241 g/mol. The van der Waals surface area contributed by atoms with Gasteiger partial charge in [0.05, 0.1) is 6.04 Å². The normalized spacial score (nSPS) is 18.3. The maximum atomic E-state index is 12.0. The summed E-state index contributed by atoms with van der Waals surface area (Å²) in [6.45, 7) is 12.0. The molecule has 0 saturated carbocycles. The first-order chi connectivity index (χ1) is 8.19. The monoisotopic (exact) mass is 241 g/mol. The van der Waals surface area contributed by atoms with Crippen LogP contribution in [0.1, 0.15) is 33.6 Å². The Morgan fingerprint density at radius 1 is 1.29 bits per heavy atom. The van der Waals surface area contributed by atoms with Gasteiger partial charge in [0, 0.05) is 26.2 Å². The van der Waals surface area contributed by atoms with Gasteiger partial charge in [-0.3, -0.25) is 4.79 Å². The molecular weight excluding hydrogens is 214 g/mol. The van der Waals surface area contributed by atoms with Gasteiger partial charge in [-0.1, -0.05) is 0 Å². The van der Waals surface area contributed by atoms with E-state index in [4.69, 9.17) is 0 Å². The zero-order valence-corrected chi connectivity index (χ0v) is 11.5. The third kappa shape index (κ3) is 4.64. The molecule has 1 fully saturated rings. The molecule has 0 aromatic rings. The lowest BCUT2D eigenvalue weighted by atomic mass is 10.2. The Balaban J connectivity index is 2.18. The molecule has 100 valence electrons. The minimum Gasteiger partial charge on any atom is -0.342 e. The van der Waals surface area contributed by atoms with Gasteiger partial charge in [-0.25, -0.2) is 0 Å². The second-order valence-electron chi connectivity index (χ2n) is 4.74. The van der Waals surface area contributed by atoms with Crippen molar-refractivity contribution in [2.24, 2.45) is 0 Å². The first-order valence-electron chi connectivity index (χ1n) is 6.93. The van der Waals surface area contributed by atoms with Crippen LogP contribution in [0.2, 0.25) is 0 Å². The van der Waals surface area contributed by atoms with E-state index in [9.17, 15) is 4.79 Å². The van der Waals surface area contributed by atoms with E-state index in [2.05, 4.69) is 10.2 Å². The highest BCUT2D eigenvalue weighted by Gasteiger charge is 2.18. The van der Waals surface area contributed by atoms with Crippen LogP contribution in [0.15, 0.2) is 0 Å². The summed E-state index contributed by atoms with van der Waals surface area (Å²) < 4.78 is 0. The van der Waals surface area contributed by atoms with Crippen molar-refractivity contribution < 1.29 is 4.79 Å². The third-order valence-corrected chi connectivity index (χ3v) is 3.52. The maximum absolute atomic E-state index is 12.0. The number of hydrogen-bond donors (Lipinski definition) is 1. The maximum Gasteiger partial charge on any atom is 0.239 e. The summed E-state index contributed by atoms with van der Waals surface area (Å²) in [5, 5.41) is 3.33. The molecule has 1 rings (SSSR count). The SMILES string of the molecule is CCN(CC)C(=O)C(C)NCCN1CCCC1. The zero-order chi connectivity index (χ0) is 12.7. The Morgan fingerprint density at radius 2 is 1.88 bits per heavy atom. The quantitative estimate of drug-likeness (QED) is 0.720. The van der Waals surface area contributed by atoms with Crippen LogP contribution in [0, 0.1) is 0 Å². The number of likely N-dealkylation sites (tertiary alicyclic amines) is 1. The molecule has 1 heterocycles. The second-order valence-corrected chi connectivity index (χ2v) is 4.74. The summed E-state index contributed by atoms with van der Waals surface area (Å²) in [6.07, 6.45) is 2.65. The Bertz CT molecular complexity index is 223. The second kappa shape index (κ2) is 7.67. The largest absolute Gasteiger partial charge is 0.342 e. The van der Waals surface area contributed by atoms with E-state index in [-0.39, 0.29) is 11.9 Å². The predicted molar refractivity (Wildman–Crippen MR) is 71.1 cm³/mol. The summed E-state index contributed by atoms with van der Waals surface area (Å²) in [7, 11) is 0. The molecular formula is C13H27N3O. The number of nitrogens with zero attached hydrogens (tertiary/aromatic N) is 2. The highest BCUT2D eigenvalue weighted by Crippen LogP contribution is 2.05. The van der Waals surface area contributed by atoms with E-state index in [1.807, 2.05) is 25.7 Å². The van der Waals surface area contributed by atoms with E-state index in [0.29, 0.717) is 0 Å². The molecule has 0 spiro atoms. The van der Waals surface area contributed by atoms with Crippen LogP contribution in [0.25, 0.3) is 0 Å². The lowest BCUT2D eigenvalue weighted by Gasteiger charge is -2.24. The fourth-order valence-electron chi connectivity index (χ4n) is 2.34. The van der Waals surface area contributed by atoms with Crippen LogP contribution in [-0.2, 0) is 4.79 Å². The van der Waals surface area contributed by atoms with Crippen LogP contribution < -0.4 is 5.32 Å². The summed E-state index contributed by atoms with van der Waals surface area (Å²) in [5.74, 6) is 0.219. The highest BCUT2D eigenvalue weighted by molar-refractivity contribution is 5.81. The lowest BCUT2D eigenvalue weighted by Crippen LogP contribution is -2.46. The van der Waals surface area contributed by atoms with Crippen molar-refractivity contribution in [3.63, 3.8) is 0 Å². The van der Waals surface area contributed by atoms with E-state index >= 15 is 0 Å². The standard InChI is InChI=1S/C13H27N3O/c1-4-16(5-2)13(17)12(3)14-8-11-15-9-6-7-10-15/h12,14H,4-11H2,1-3H3. The molecule has 1 unspecified atom stereocenters. The Labute approximate surface area is 105 Å². The molecule has 0 aromatic heterocycles. The average Bonchev–Trinajstić information content (AvgIpc) is 2.83. The van der Waals surface area contributed by atoms with E-state index in [1.165, 1.54) is 25.9 Å². The van der Waals surface area contributed by atoms with Gasteiger partial charge in [-0.2, -0.15) is 0 Å². The first kappa shape index (κ1) is 14.5. The van der Waals surface area contributed by atoms with Crippen molar-refractivity contribution in [3.05, 3.63) is 0 Å².